The van der Waals surface area contributed by atoms with Crippen LogP contribution in [0.25, 0.3) is 10.8 Å². The molecular weight excluding hydrogens is 412 g/mol. The zero-order valence-corrected chi connectivity index (χ0v) is 17.3. The van der Waals surface area contributed by atoms with Crippen LogP contribution in [0.3, 0.4) is 0 Å². The van der Waals surface area contributed by atoms with Gasteiger partial charge in [-0.05, 0) is 30.9 Å². The van der Waals surface area contributed by atoms with Crippen molar-refractivity contribution < 1.29 is 49.6 Å². The van der Waals surface area contributed by atoms with Crippen LogP contribution in [0, 0.1) is 6.92 Å². The van der Waals surface area contributed by atoms with Gasteiger partial charge in [-0.15, -0.1) is 0 Å². The Labute approximate surface area is 177 Å². The molecule has 1 heterocycles. The van der Waals surface area contributed by atoms with Crippen molar-refractivity contribution in [1.82, 2.24) is 0 Å². The number of ether oxygens (including phenoxy) is 3. The topological polar surface area (TPSA) is 166 Å². The molecule has 2 aromatic carbocycles. The van der Waals surface area contributed by atoms with E-state index in [9.17, 15) is 35.4 Å². The van der Waals surface area contributed by atoms with Gasteiger partial charge in [0.1, 0.15) is 35.6 Å². The summed E-state index contributed by atoms with van der Waals surface area (Å²) >= 11 is 0. The molecule has 5 atom stereocenters. The molecule has 1 aliphatic rings. The van der Waals surface area contributed by atoms with Crippen molar-refractivity contribution in [1.29, 1.82) is 0 Å². The molecule has 31 heavy (non-hydrogen) atoms. The summed E-state index contributed by atoms with van der Waals surface area (Å²) < 4.78 is 16.4. The quantitative estimate of drug-likeness (QED) is 0.327. The Balaban J connectivity index is 2.19. The second-order valence-electron chi connectivity index (χ2n) is 7.59. The molecular formula is C21H26O10. The van der Waals surface area contributed by atoms with Crippen LogP contribution in [0.2, 0.25) is 0 Å². The van der Waals surface area contributed by atoms with Crippen LogP contribution in [0.4, 0.5) is 0 Å². The summed E-state index contributed by atoms with van der Waals surface area (Å²) in [4.78, 5) is 12.1. The maximum absolute atomic E-state index is 12.1. The second kappa shape index (κ2) is 8.58. The second-order valence-corrected chi connectivity index (χ2v) is 7.59. The van der Waals surface area contributed by atoms with Crippen molar-refractivity contribution in [3.8, 4) is 17.2 Å². The van der Waals surface area contributed by atoms with Crippen LogP contribution in [-0.2, 0) is 4.74 Å². The number of hydrogen-bond acceptors (Lipinski definition) is 10. The molecule has 2 aromatic rings. The van der Waals surface area contributed by atoms with Gasteiger partial charge in [-0.3, -0.25) is 4.79 Å². The molecule has 1 fully saturated rings. The van der Waals surface area contributed by atoms with Crippen LogP contribution < -0.4 is 9.47 Å². The minimum absolute atomic E-state index is 0.0770. The van der Waals surface area contributed by atoms with Gasteiger partial charge < -0.3 is 44.8 Å². The summed E-state index contributed by atoms with van der Waals surface area (Å²) in [6.45, 7) is 1.22. The fourth-order valence-electron chi connectivity index (χ4n) is 3.81. The number of aliphatic hydroxyl groups is 5. The lowest BCUT2D eigenvalue weighted by Gasteiger charge is -2.46. The van der Waals surface area contributed by atoms with Crippen molar-refractivity contribution in [3.05, 3.63) is 29.3 Å². The summed E-state index contributed by atoms with van der Waals surface area (Å²) in [5.41, 5.74) is -1.85. The summed E-state index contributed by atoms with van der Waals surface area (Å²) in [7, 11) is 1.41. The zero-order valence-electron chi connectivity index (χ0n) is 17.3. The van der Waals surface area contributed by atoms with Crippen molar-refractivity contribution in [2.45, 2.75) is 44.1 Å². The minimum Gasteiger partial charge on any atom is -0.506 e. The minimum atomic E-state index is -2.45. The number of Topliss-reactive ketones (excluding diaryl/α,β-unsaturated/α-hetero) is 1. The van der Waals surface area contributed by atoms with E-state index in [4.69, 9.17) is 14.2 Å². The Kier molecular flexibility index (Phi) is 6.42. The highest BCUT2D eigenvalue weighted by atomic mass is 16.7. The van der Waals surface area contributed by atoms with Gasteiger partial charge in [0.2, 0.25) is 6.29 Å². The largest absolute Gasteiger partial charge is 0.506 e. The van der Waals surface area contributed by atoms with E-state index in [0.717, 1.165) is 0 Å². The molecule has 0 aromatic heterocycles. The fourth-order valence-corrected chi connectivity index (χ4v) is 3.81. The van der Waals surface area contributed by atoms with Gasteiger partial charge in [-0.1, -0.05) is 6.07 Å². The predicted octanol–water partition coefficient (Wildman–Crippen LogP) is -0.394. The molecule has 6 N–H and O–H groups in total. The molecule has 1 saturated heterocycles. The van der Waals surface area contributed by atoms with Gasteiger partial charge >= 0.3 is 0 Å². The molecule has 0 radical (unpaired) electrons. The molecule has 10 nitrogen and oxygen atoms in total. The summed E-state index contributed by atoms with van der Waals surface area (Å²) in [6.07, 6.45) is -6.66. The van der Waals surface area contributed by atoms with Crippen LogP contribution in [0.5, 0.6) is 17.2 Å². The highest BCUT2D eigenvalue weighted by Gasteiger charge is 2.56. The number of aryl methyl sites for hydroxylation is 1. The van der Waals surface area contributed by atoms with Gasteiger partial charge in [-0.25, -0.2) is 0 Å². The molecule has 0 bridgehead atoms. The highest BCUT2D eigenvalue weighted by molar-refractivity contribution is 6.07. The molecule has 0 saturated carbocycles. The number of methoxy groups -OCH3 is 1. The first kappa shape index (κ1) is 23.2. The molecule has 170 valence electrons. The Morgan fingerprint density at radius 3 is 2.45 bits per heavy atom. The van der Waals surface area contributed by atoms with Crippen molar-refractivity contribution >= 4 is 16.6 Å². The number of hydrogen-bond donors (Lipinski definition) is 6. The van der Waals surface area contributed by atoms with Crippen LogP contribution in [0.1, 0.15) is 22.8 Å². The molecule has 0 spiro atoms. The van der Waals surface area contributed by atoms with E-state index >= 15 is 0 Å². The average Bonchev–Trinajstić information content (AvgIpc) is 2.73. The van der Waals surface area contributed by atoms with Gasteiger partial charge in [0.15, 0.2) is 11.4 Å². The Hall–Kier alpha value is -2.47. The van der Waals surface area contributed by atoms with Crippen molar-refractivity contribution in [2.75, 3.05) is 20.3 Å². The van der Waals surface area contributed by atoms with Crippen LogP contribution in [-0.4, -0.2) is 86.9 Å². The predicted molar refractivity (Wildman–Crippen MR) is 107 cm³/mol. The third-order valence-electron chi connectivity index (χ3n) is 5.52. The lowest BCUT2D eigenvalue weighted by molar-refractivity contribution is -0.327. The van der Waals surface area contributed by atoms with E-state index in [1.54, 1.807) is 19.1 Å². The van der Waals surface area contributed by atoms with Crippen molar-refractivity contribution in [2.24, 2.45) is 0 Å². The molecule has 0 amide bonds. The molecule has 0 aliphatic carbocycles. The van der Waals surface area contributed by atoms with Crippen LogP contribution >= 0.6 is 0 Å². The Morgan fingerprint density at radius 1 is 1.23 bits per heavy atom. The third-order valence-corrected chi connectivity index (χ3v) is 5.52. The summed E-state index contributed by atoms with van der Waals surface area (Å²) in [5.74, 6) is -0.493. The zero-order chi connectivity index (χ0) is 23.1. The number of phenols is 1. The van der Waals surface area contributed by atoms with Crippen molar-refractivity contribution in [3.63, 3.8) is 0 Å². The highest BCUT2D eigenvalue weighted by Crippen LogP contribution is 2.42. The van der Waals surface area contributed by atoms with E-state index in [2.05, 4.69) is 0 Å². The third kappa shape index (κ3) is 3.82. The number of benzene rings is 2. The SMILES string of the molecule is COc1cc(OC2OC(CO)C(O)C(O)C2(O)CO)c2c(O)c(C(C)=O)c(C)cc2c1. The first-order valence-corrected chi connectivity index (χ1v) is 9.56. The van der Waals surface area contributed by atoms with E-state index in [1.807, 2.05) is 0 Å². The van der Waals surface area contributed by atoms with Gasteiger partial charge in [0, 0.05) is 6.07 Å². The Bertz CT molecular complexity index is 990. The number of carbonyl (C=O) groups is 1. The number of carbonyl (C=O) groups excluding carboxylic acids is 1. The van der Waals surface area contributed by atoms with Gasteiger partial charge in [0.25, 0.3) is 0 Å². The molecule has 5 unspecified atom stereocenters. The standard InChI is InChI=1S/C21H26O10/c1-9-4-11-5-12(29-3)6-13(16(11)18(26)15(9)10(2)24)30-20-21(28,8-23)19(27)17(25)14(7-22)31-20/h4-6,14,17,19-20,22-23,25-28H,7-8H2,1-3H3. The van der Waals surface area contributed by atoms with Gasteiger partial charge in [-0.2, -0.15) is 0 Å². The monoisotopic (exact) mass is 438 g/mol. The number of ketones is 1. The normalized spacial score (nSPS) is 28.5. The lowest BCUT2D eigenvalue weighted by atomic mass is 9.87. The van der Waals surface area contributed by atoms with Crippen LogP contribution in [0.15, 0.2) is 18.2 Å². The number of aliphatic hydroxyl groups excluding tert-OH is 4. The lowest BCUT2D eigenvalue weighted by Crippen LogP contribution is -2.69. The number of phenolic OH excluding ortho intramolecular Hbond substituents is 1. The van der Waals surface area contributed by atoms with E-state index in [1.165, 1.54) is 20.1 Å². The average molecular weight is 438 g/mol. The number of rotatable bonds is 6. The van der Waals surface area contributed by atoms with Gasteiger partial charge in [0.05, 0.1) is 31.3 Å². The first-order chi connectivity index (χ1) is 14.6. The molecule has 10 heteroatoms. The first-order valence-electron chi connectivity index (χ1n) is 9.56. The fraction of sp³-hybridized carbons (Fsp3) is 0.476. The van der Waals surface area contributed by atoms with E-state index < -0.39 is 43.4 Å². The summed E-state index contributed by atoms with van der Waals surface area (Å²) in [5, 5.41) is 61.7. The smallest absolute Gasteiger partial charge is 0.234 e. The summed E-state index contributed by atoms with van der Waals surface area (Å²) in [6, 6.07) is 4.62. The maximum atomic E-state index is 12.1. The Morgan fingerprint density at radius 2 is 1.90 bits per heavy atom. The molecule has 3 rings (SSSR count). The molecule has 1 aliphatic heterocycles. The van der Waals surface area contributed by atoms with E-state index in [-0.39, 0.29) is 28.2 Å². The number of fused-ring (bicyclic) bond motifs is 1. The maximum Gasteiger partial charge on any atom is 0.234 e. The van der Waals surface area contributed by atoms with E-state index in [0.29, 0.717) is 16.7 Å². The number of aromatic hydroxyl groups is 1.